The lowest BCUT2D eigenvalue weighted by molar-refractivity contribution is 0.102. The fraction of sp³-hybridized carbons (Fsp3) is 0.0769. The van der Waals surface area contributed by atoms with E-state index in [1.54, 1.807) is 24.5 Å². The molecule has 1 amide bonds. The minimum Gasteiger partial charge on any atom is -0.407 e. The van der Waals surface area contributed by atoms with Crippen molar-refractivity contribution in [1.29, 1.82) is 0 Å². The van der Waals surface area contributed by atoms with Gasteiger partial charge in [-0.15, -0.1) is 0 Å². The molecular weight excluding hydrogens is 416 g/mol. The van der Waals surface area contributed by atoms with Gasteiger partial charge in [0.25, 0.3) is 5.91 Å². The first-order valence-electron chi connectivity index (χ1n) is 10.4. The monoisotopic (exact) mass is 436 g/mol. The van der Waals surface area contributed by atoms with Crippen LogP contribution >= 0.6 is 0 Å². The van der Waals surface area contributed by atoms with E-state index in [0.717, 1.165) is 22.4 Å². The van der Waals surface area contributed by atoms with Gasteiger partial charge in [-0.3, -0.25) is 4.79 Å². The summed E-state index contributed by atoms with van der Waals surface area (Å²) in [5, 5.41) is 2.94. The van der Waals surface area contributed by atoms with Crippen molar-refractivity contribution in [2.24, 2.45) is 0 Å². The number of rotatable bonds is 4. The van der Waals surface area contributed by atoms with E-state index in [9.17, 15) is 9.59 Å². The first kappa shape index (κ1) is 20.4. The predicted molar refractivity (Wildman–Crippen MR) is 127 cm³/mol. The Labute approximate surface area is 189 Å². The summed E-state index contributed by atoms with van der Waals surface area (Å²) in [7, 11) is 0. The highest BCUT2D eigenvalue weighted by Crippen LogP contribution is 2.30. The van der Waals surface area contributed by atoms with Gasteiger partial charge in [-0.05, 0) is 55.3 Å². The van der Waals surface area contributed by atoms with Crippen LogP contribution in [0, 0.1) is 13.8 Å². The molecular formula is C26H20N4O3. The van der Waals surface area contributed by atoms with Crippen LogP contribution in [0.2, 0.25) is 0 Å². The van der Waals surface area contributed by atoms with Gasteiger partial charge in [-0.1, -0.05) is 42.0 Å². The number of nitrogens with zero attached hydrogens (tertiary/aromatic N) is 3. The standard InChI is InChI=1S/C26H20N4O3/c1-16-7-11-19(12-8-16)29-24(31)21-15-18(10-9-17(21)2)20-5-3-6-22-23(20)33-26(32)30(22)25-27-13-4-14-28-25/h3-15H,1-2H3,(H,29,31). The Morgan fingerprint density at radius 2 is 1.70 bits per heavy atom. The smallest absolute Gasteiger partial charge is 0.407 e. The van der Waals surface area contributed by atoms with Crippen LogP contribution in [0.1, 0.15) is 21.5 Å². The number of carbonyl (C=O) groups excluding carboxylic acids is 1. The minimum absolute atomic E-state index is 0.206. The summed E-state index contributed by atoms with van der Waals surface area (Å²) in [6.45, 7) is 3.88. The number of aryl methyl sites for hydroxylation is 2. The molecule has 2 aromatic heterocycles. The van der Waals surface area contributed by atoms with Crippen LogP contribution in [-0.4, -0.2) is 20.4 Å². The summed E-state index contributed by atoms with van der Waals surface area (Å²) in [4.78, 5) is 34.0. The minimum atomic E-state index is -0.576. The first-order chi connectivity index (χ1) is 16.0. The van der Waals surface area contributed by atoms with Crippen LogP contribution in [0.15, 0.2) is 88.3 Å². The van der Waals surface area contributed by atoms with Gasteiger partial charge in [-0.25, -0.2) is 19.3 Å². The average Bonchev–Trinajstić information content (AvgIpc) is 3.17. The van der Waals surface area contributed by atoms with Gasteiger partial charge in [0.1, 0.15) is 0 Å². The van der Waals surface area contributed by atoms with Crippen LogP contribution in [0.5, 0.6) is 0 Å². The molecule has 7 heteroatoms. The molecule has 162 valence electrons. The summed E-state index contributed by atoms with van der Waals surface area (Å²) in [5.41, 5.74) is 5.64. The van der Waals surface area contributed by atoms with Gasteiger partial charge >= 0.3 is 5.76 Å². The SMILES string of the molecule is Cc1ccc(NC(=O)c2cc(-c3cccc4c3oc(=O)n4-c3ncccn3)ccc2C)cc1. The van der Waals surface area contributed by atoms with Gasteiger partial charge < -0.3 is 9.73 Å². The molecule has 0 unspecified atom stereocenters. The molecule has 0 radical (unpaired) electrons. The van der Waals surface area contributed by atoms with E-state index in [4.69, 9.17) is 4.42 Å². The normalized spacial score (nSPS) is 11.0. The van der Waals surface area contributed by atoms with Crippen molar-refractivity contribution >= 4 is 22.7 Å². The molecule has 0 spiro atoms. The summed E-state index contributed by atoms with van der Waals surface area (Å²) >= 11 is 0. The molecule has 0 saturated carbocycles. The van der Waals surface area contributed by atoms with E-state index < -0.39 is 5.76 Å². The maximum absolute atomic E-state index is 13.0. The molecule has 0 aliphatic heterocycles. The van der Waals surface area contributed by atoms with Gasteiger partial charge in [0.05, 0.1) is 5.52 Å². The Hall–Kier alpha value is -4.52. The second kappa shape index (κ2) is 8.20. The zero-order valence-electron chi connectivity index (χ0n) is 18.1. The topological polar surface area (TPSA) is 90.0 Å². The molecule has 5 rings (SSSR count). The van der Waals surface area contributed by atoms with E-state index in [2.05, 4.69) is 15.3 Å². The van der Waals surface area contributed by atoms with Crippen molar-refractivity contribution in [3.8, 4) is 17.1 Å². The largest absolute Gasteiger partial charge is 0.427 e. The predicted octanol–water partition coefficient (Wildman–Crippen LogP) is 4.91. The third-order valence-corrected chi connectivity index (χ3v) is 5.46. The van der Waals surface area contributed by atoms with E-state index >= 15 is 0 Å². The number of fused-ring (bicyclic) bond motifs is 1. The summed E-state index contributed by atoms with van der Waals surface area (Å²) in [6, 6.07) is 20.4. The molecule has 7 nitrogen and oxygen atoms in total. The number of amides is 1. The number of oxazole rings is 1. The van der Waals surface area contributed by atoms with Crippen molar-refractivity contribution in [2.45, 2.75) is 13.8 Å². The Kier molecular flexibility index (Phi) is 5.06. The molecule has 3 aromatic carbocycles. The average molecular weight is 436 g/mol. The summed E-state index contributed by atoms with van der Waals surface area (Å²) in [5.74, 6) is -0.546. The lowest BCUT2D eigenvalue weighted by Gasteiger charge is -2.11. The number of nitrogens with one attached hydrogen (secondary N) is 1. The highest BCUT2D eigenvalue weighted by molar-refractivity contribution is 6.06. The number of hydrogen-bond acceptors (Lipinski definition) is 5. The number of hydrogen-bond donors (Lipinski definition) is 1. The zero-order chi connectivity index (χ0) is 22.9. The molecule has 0 saturated heterocycles. The highest BCUT2D eigenvalue weighted by Gasteiger charge is 2.18. The highest BCUT2D eigenvalue weighted by atomic mass is 16.4. The molecule has 0 aliphatic rings. The van der Waals surface area contributed by atoms with Gasteiger partial charge in [0.15, 0.2) is 5.58 Å². The van der Waals surface area contributed by atoms with Gasteiger partial charge in [0.2, 0.25) is 5.95 Å². The quantitative estimate of drug-likeness (QED) is 0.432. The molecule has 33 heavy (non-hydrogen) atoms. The van der Waals surface area contributed by atoms with Crippen LogP contribution < -0.4 is 11.1 Å². The molecule has 2 heterocycles. The molecule has 0 aliphatic carbocycles. The number of para-hydroxylation sites is 1. The van der Waals surface area contributed by atoms with Crippen LogP contribution in [0.3, 0.4) is 0 Å². The van der Waals surface area contributed by atoms with Crippen molar-refractivity contribution < 1.29 is 9.21 Å². The Balaban J connectivity index is 1.58. The summed E-state index contributed by atoms with van der Waals surface area (Å²) in [6.07, 6.45) is 3.13. The second-order valence-corrected chi connectivity index (χ2v) is 7.76. The maximum Gasteiger partial charge on any atom is 0.427 e. The molecule has 0 bridgehead atoms. The lowest BCUT2D eigenvalue weighted by Crippen LogP contribution is -2.14. The van der Waals surface area contributed by atoms with Gasteiger partial charge in [-0.2, -0.15) is 0 Å². The Morgan fingerprint density at radius 3 is 2.45 bits per heavy atom. The van der Waals surface area contributed by atoms with Crippen molar-refractivity contribution in [1.82, 2.24) is 14.5 Å². The third-order valence-electron chi connectivity index (χ3n) is 5.46. The second-order valence-electron chi connectivity index (χ2n) is 7.76. The third kappa shape index (κ3) is 3.80. The Morgan fingerprint density at radius 1 is 0.939 bits per heavy atom. The lowest BCUT2D eigenvalue weighted by atomic mass is 9.98. The van der Waals surface area contributed by atoms with Crippen LogP contribution in [0.25, 0.3) is 28.2 Å². The van der Waals surface area contributed by atoms with Crippen LogP contribution in [-0.2, 0) is 0 Å². The summed E-state index contributed by atoms with van der Waals surface area (Å²) < 4.78 is 6.93. The number of anilines is 1. The van der Waals surface area contributed by atoms with Crippen molar-refractivity contribution in [3.05, 3.63) is 106 Å². The van der Waals surface area contributed by atoms with Crippen molar-refractivity contribution in [2.75, 3.05) is 5.32 Å². The zero-order valence-corrected chi connectivity index (χ0v) is 18.1. The molecule has 5 aromatic rings. The number of aromatic nitrogens is 3. The van der Waals surface area contributed by atoms with Crippen LogP contribution in [0.4, 0.5) is 5.69 Å². The molecule has 0 atom stereocenters. The first-order valence-corrected chi connectivity index (χ1v) is 10.4. The van der Waals surface area contributed by atoms with E-state index in [-0.39, 0.29) is 11.9 Å². The van der Waals surface area contributed by atoms with E-state index in [0.29, 0.717) is 22.2 Å². The maximum atomic E-state index is 13.0. The number of benzene rings is 3. The molecule has 1 N–H and O–H groups in total. The fourth-order valence-corrected chi connectivity index (χ4v) is 3.73. The van der Waals surface area contributed by atoms with E-state index in [1.165, 1.54) is 4.57 Å². The molecule has 0 fully saturated rings. The van der Waals surface area contributed by atoms with Crippen molar-refractivity contribution in [3.63, 3.8) is 0 Å². The van der Waals surface area contributed by atoms with E-state index in [1.807, 2.05) is 68.4 Å². The fourth-order valence-electron chi connectivity index (χ4n) is 3.73. The van der Waals surface area contributed by atoms with Gasteiger partial charge in [0, 0.05) is 29.2 Å². The number of carbonyl (C=O) groups is 1. The Bertz CT molecular complexity index is 1530.